The first-order chi connectivity index (χ1) is 10.9. The van der Waals surface area contributed by atoms with Crippen molar-refractivity contribution in [2.75, 3.05) is 4.90 Å². The predicted molar refractivity (Wildman–Crippen MR) is 96.1 cm³/mol. The fourth-order valence-corrected chi connectivity index (χ4v) is 4.43. The molecule has 1 fully saturated rings. The Labute approximate surface area is 137 Å². The molecule has 0 radical (unpaired) electrons. The number of aryl methyl sites for hydroxylation is 1. The number of nitrogens with zero attached hydrogens (tertiary/aromatic N) is 2. The van der Waals surface area contributed by atoms with Crippen molar-refractivity contribution in [2.24, 2.45) is 5.92 Å². The number of furan rings is 1. The number of anilines is 1. The van der Waals surface area contributed by atoms with E-state index in [4.69, 9.17) is 4.42 Å². The van der Waals surface area contributed by atoms with E-state index in [-0.39, 0.29) is 5.54 Å². The minimum atomic E-state index is 0.129. The summed E-state index contributed by atoms with van der Waals surface area (Å²) in [6.07, 6.45) is 2.99. The van der Waals surface area contributed by atoms with Gasteiger partial charge in [0.25, 0.3) is 0 Å². The highest BCUT2D eigenvalue weighted by Gasteiger charge is 2.43. The van der Waals surface area contributed by atoms with Gasteiger partial charge in [0.15, 0.2) is 5.58 Å². The highest BCUT2D eigenvalue weighted by Crippen LogP contribution is 2.46. The average Bonchev–Trinajstić information content (AvgIpc) is 2.96. The number of aromatic nitrogens is 1. The van der Waals surface area contributed by atoms with Crippen molar-refractivity contribution in [1.29, 1.82) is 0 Å². The number of rotatable bonds is 1. The molecule has 0 amide bonds. The molecule has 2 aromatic heterocycles. The van der Waals surface area contributed by atoms with Crippen molar-refractivity contribution in [3.05, 3.63) is 36.0 Å². The molecule has 120 valence electrons. The van der Waals surface area contributed by atoms with Crippen LogP contribution in [-0.2, 0) is 0 Å². The van der Waals surface area contributed by atoms with Crippen LogP contribution in [-0.4, -0.2) is 16.6 Å². The van der Waals surface area contributed by atoms with Crippen LogP contribution < -0.4 is 4.90 Å². The van der Waals surface area contributed by atoms with E-state index < -0.39 is 0 Å². The fraction of sp³-hybridized carbons (Fsp3) is 0.450. The molecule has 2 unspecified atom stereocenters. The normalized spacial score (nSPS) is 24.0. The maximum absolute atomic E-state index is 6.20. The van der Waals surface area contributed by atoms with Crippen LogP contribution in [0.25, 0.3) is 22.1 Å². The summed E-state index contributed by atoms with van der Waals surface area (Å²) in [5.41, 5.74) is 4.34. The third-order valence-electron chi connectivity index (χ3n) is 5.54. The van der Waals surface area contributed by atoms with Crippen LogP contribution >= 0.6 is 0 Å². The number of hydrogen-bond donors (Lipinski definition) is 0. The van der Waals surface area contributed by atoms with Gasteiger partial charge in [0.05, 0.1) is 5.69 Å². The van der Waals surface area contributed by atoms with Crippen LogP contribution in [0.4, 0.5) is 5.69 Å². The standard InChI is InChI=1S/C20H24N2O/c1-12-8-9-15-16-7-6-10-21-19(16)23-18(15)17(12)22-14(3)13(2)11-20(22,4)5/h6-10,13-14H,11H2,1-5H3. The molecule has 0 bridgehead atoms. The molecule has 1 aliphatic rings. The highest BCUT2D eigenvalue weighted by atomic mass is 16.3. The third-order valence-corrected chi connectivity index (χ3v) is 5.54. The Hall–Kier alpha value is -2.03. The van der Waals surface area contributed by atoms with E-state index in [1.54, 1.807) is 6.20 Å². The molecule has 3 nitrogen and oxygen atoms in total. The van der Waals surface area contributed by atoms with Crippen molar-refractivity contribution in [3.63, 3.8) is 0 Å². The summed E-state index contributed by atoms with van der Waals surface area (Å²) in [5, 5.41) is 2.26. The van der Waals surface area contributed by atoms with Crippen LogP contribution in [0.15, 0.2) is 34.9 Å². The van der Waals surface area contributed by atoms with E-state index in [9.17, 15) is 0 Å². The molecule has 2 atom stereocenters. The van der Waals surface area contributed by atoms with E-state index in [0.717, 1.165) is 22.1 Å². The molecular weight excluding hydrogens is 284 g/mol. The Morgan fingerprint density at radius 2 is 1.96 bits per heavy atom. The topological polar surface area (TPSA) is 29.3 Å². The van der Waals surface area contributed by atoms with Crippen molar-refractivity contribution < 1.29 is 4.42 Å². The summed E-state index contributed by atoms with van der Waals surface area (Å²) < 4.78 is 6.20. The summed E-state index contributed by atoms with van der Waals surface area (Å²) in [7, 11) is 0. The van der Waals surface area contributed by atoms with Gasteiger partial charge < -0.3 is 9.32 Å². The third kappa shape index (κ3) is 1.99. The zero-order chi connectivity index (χ0) is 16.4. The molecule has 0 spiro atoms. The van der Waals surface area contributed by atoms with Gasteiger partial charge in [-0.05, 0) is 57.7 Å². The quantitative estimate of drug-likeness (QED) is 0.610. The predicted octanol–water partition coefficient (Wildman–Crippen LogP) is 5.30. The Bertz CT molecular complexity index is 893. The lowest BCUT2D eigenvalue weighted by atomic mass is 9.96. The van der Waals surface area contributed by atoms with Gasteiger partial charge in [0, 0.05) is 28.6 Å². The molecule has 3 heteroatoms. The van der Waals surface area contributed by atoms with Crippen LogP contribution in [0.2, 0.25) is 0 Å². The minimum Gasteiger partial charge on any atom is -0.436 e. The zero-order valence-electron chi connectivity index (χ0n) is 14.6. The summed E-state index contributed by atoms with van der Waals surface area (Å²) >= 11 is 0. The summed E-state index contributed by atoms with van der Waals surface area (Å²) in [6.45, 7) is 11.5. The second kappa shape index (κ2) is 4.73. The fourth-order valence-electron chi connectivity index (χ4n) is 4.43. The zero-order valence-corrected chi connectivity index (χ0v) is 14.6. The first-order valence-electron chi connectivity index (χ1n) is 8.46. The lowest BCUT2D eigenvalue weighted by Gasteiger charge is -2.38. The molecule has 23 heavy (non-hydrogen) atoms. The highest BCUT2D eigenvalue weighted by molar-refractivity contribution is 6.08. The Balaban J connectivity index is 2.05. The maximum atomic E-state index is 6.20. The van der Waals surface area contributed by atoms with Gasteiger partial charge in [-0.15, -0.1) is 0 Å². The van der Waals surface area contributed by atoms with Crippen LogP contribution in [0.1, 0.15) is 39.7 Å². The van der Waals surface area contributed by atoms with Gasteiger partial charge in [0.2, 0.25) is 5.71 Å². The van der Waals surface area contributed by atoms with Crippen molar-refractivity contribution >= 4 is 27.8 Å². The summed E-state index contributed by atoms with van der Waals surface area (Å²) in [5.74, 6) is 0.669. The van der Waals surface area contributed by atoms with Gasteiger partial charge in [-0.2, -0.15) is 0 Å². The van der Waals surface area contributed by atoms with E-state index in [2.05, 4.69) is 62.7 Å². The number of hydrogen-bond acceptors (Lipinski definition) is 3. The lowest BCUT2D eigenvalue weighted by Crippen LogP contribution is -2.42. The van der Waals surface area contributed by atoms with Crippen molar-refractivity contribution in [1.82, 2.24) is 4.98 Å². The van der Waals surface area contributed by atoms with Gasteiger partial charge in [-0.1, -0.05) is 19.1 Å². The molecule has 3 aromatic rings. The second-order valence-corrected chi connectivity index (χ2v) is 7.67. The van der Waals surface area contributed by atoms with E-state index in [0.29, 0.717) is 12.0 Å². The number of benzene rings is 1. The molecule has 0 saturated carbocycles. The molecule has 1 aliphatic heterocycles. The van der Waals surface area contributed by atoms with Gasteiger partial charge >= 0.3 is 0 Å². The van der Waals surface area contributed by atoms with Crippen LogP contribution in [0.5, 0.6) is 0 Å². The lowest BCUT2D eigenvalue weighted by molar-refractivity contribution is 0.486. The molecule has 4 rings (SSSR count). The van der Waals surface area contributed by atoms with Gasteiger partial charge in [-0.25, -0.2) is 4.98 Å². The maximum Gasteiger partial charge on any atom is 0.227 e. The monoisotopic (exact) mass is 308 g/mol. The molecule has 3 heterocycles. The molecule has 1 saturated heterocycles. The van der Waals surface area contributed by atoms with E-state index >= 15 is 0 Å². The van der Waals surface area contributed by atoms with Gasteiger partial charge in [-0.3, -0.25) is 0 Å². The van der Waals surface area contributed by atoms with Crippen LogP contribution in [0, 0.1) is 12.8 Å². The molecule has 0 N–H and O–H groups in total. The Kier molecular flexibility index (Phi) is 2.99. The van der Waals surface area contributed by atoms with E-state index in [1.165, 1.54) is 17.7 Å². The van der Waals surface area contributed by atoms with E-state index in [1.807, 2.05) is 6.07 Å². The van der Waals surface area contributed by atoms with Crippen LogP contribution in [0.3, 0.4) is 0 Å². The average molecular weight is 308 g/mol. The minimum absolute atomic E-state index is 0.129. The molecule has 0 aliphatic carbocycles. The SMILES string of the molecule is Cc1ccc2c(oc3ncccc32)c1N1C(C)C(C)CC1(C)C. The smallest absolute Gasteiger partial charge is 0.227 e. The van der Waals surface area contributed by atoms with Crippen molar-refractivity contribution in [2.45, 2.75) is 52.6 Å². The molecular formula is C20H24N2O. The second-order valence-electron chi connectivity index (χ2n) is 7.67. The number of pyridine rings is 1. The Morgan fingerprint density at radius 3 is 2.65 bits per heavy atom. The molecule has 1 aromatic carbocycles. The first kappa shape index (κ1) is 14.6. The Morgan fingerprint density at radius 1 is 1.17 bits per heavy atom. The summed E-state index contributed by atoms with van der Waals surface area (Å²) in [4.78, 5) is 6.97. The van der Waals surface area contributed by atoms with Gasteiger partial charge in [0.1, 0.15) is 0 Å². The number of fused-ring (bicyclic) bond motifs is 3. The van der Waals surface area contributed by atoms with Crippen molar-refractivity contribution in [3.8, 4) is 0 Å². The first-order valence-corrected chi connectivity index (χ1v) is 8.46. The summed E-state index contributed by atoms with van der Waals surface area (Å²) in [6, 6.07) is 8.94. The largest absolute Gasteiger partial charge is 0.436 e.